The van der Waals surface area contributed by atoms with Gasteiger partial charge in [0.15, 0.2) is 0 Å². The molecule has 2 heterocycles. The van der Waals surface area contributed by atoms with Gasteiger partial charge in [-0.2, -0.15) is 0 Å². The lowest BCUT2D eigenvalue weighted by atomic mass is 9.95. The first kappa shape index (κ1) is 28.7. The van der Waals surface area contributed by atoms with Gasteiger partial charge in [0.05, 0.1) is 17.7 Å². The number of anilines is 1. The van der Waals surface area contributed by atoms with Crippen molar-refractivity contribution in [1.82, 2.24) is 15.1 Å². The number of methoxy groups -OCH3 is 1. The number of fused-ring (bicyclic) bond motifs is 1. The van der Waals surface area contributed by atoms with Gasteiger partial charge in [0.2, 0.25) is 5.91 Å². The first-order chi connectivity index (χ1) is 17.7. The van der Waals surface area contributed by atoms with Crippen LogP contribution in [0, 0.1) is 11.8 Å². The van der Waals surface area contributed by atoms with E-state index in [1.54, 1.807) is 37.3 Å². The zero-order valence-electron chi connectivity index (χ0n) is 22.7. The average molecular weight is 519 g/mol. The molecular formula is C27H42N4O6. The van der Waals surface area contributed by atoms with Crippen LogP contribution in [0.2, 0.25) is 0 Å². The smallest absolute Gasteiger partial charge is 0.319 e. The number of carbonyl (C=O) groups excluding carboxylic acids is 3. The van der Waals surface area contributed by atoms with E-state index in [0.717, 1.165) is 6.42 Å². The number of benzene rings is 1. The lowest BCUT2D eigenvalue weighted by Gasteiger charge is -2.38. The minimum Gasteiger partial charge on any atom is -0.491 e. The van der Waals surface area contributed by atoms with Gasteiger partial charge in [0.25, 0.3) is 5.91 Å². The SMILES string of the molecule is CCCNC(=O)Nc1ccc2c(c1)C(=O)N(C)C[C@@H](OC)[C@@H](C)CN(C(=O)C1CCOCC1)[C@H](C)CO2. The summed E-state index contributed by atoms with van der Waals surface area (Å²) in [6.45, 7) is 8.81. The maximum atomic E-state index is 13.6. The third-order valence-electron chi connectivity index (χ3n) is 7.09. The van der Waals surface area contributed by atoms with Crippen LogP contribution in [0.3, 0.4) is 0 Å². The Hall–Kier alpha value is -2.85. The Morgan fingerprint density at radius 2 is 1.89 bits per heavy atom. The Bertz CT molecular complexity index is 935. The van der Waals surface area contributed by atoms with Crippen molar-refractivity contribution in [2.45, 2.75) is 52.2 Å². The van der Waals surface area contributed by atoms with Gasteiger partial charge >= 0.3 is 6.03 Å². The minimum atomic E-state index is -0.333. The Kier molecular flexibility index (Phi) is 10.6. The number of carbonyl (C=O) groups is 3. The summed E-state index contributed by atoms with van der Waals surface area (Å²) in [5.41, 5.74) is 0.833. The van der Waals surface area contributed by atoms with Crippen molar-refractivity contribution in [3.05, 3.63) is 23.8 Å². The number of nitrogens with zero attached hydrogens (tertiary/aromatic N) is 2. The van der Waals surface area contributed by atoms with Crippen LogP contribution >= 0.6 is 0 Å². The summed E-state index contributed by atoms with van der Waals surface area (Å²) in [4.78, 5) is 42.7. The summed E-state index contributed by atoms with van der Waals surface area (Å²) in [6.07, 6.45) is 1.98. The van der Waals surface area contributed by atoms with Crippen molar-refractivity contribution < 1.29 is 28.6 Å². The number of rotatable bonds is 5. The summed E-state index contributed by atoms with van der Waals surface area (Å²) in [6, 6.07) is 4.48. The number of urea groups is 1. The molecular weight excluding hydrogens is 476 g/mol. The quantitative estimate of drug-likeness (QED) is 0.620. The molecule has 206 valence electrons. The Balaban J connectivity index is 1.90. The van der Waals surface area contributed by atoms with Crippen LogP contribution < -0.4 is 15.4 Å². The van der Waals surface area contributed by atoms with Crippen LogP contribution in [0.15, 0.2) is 18.2 Å². The number of hydrogen-bond acceptors (Lipinski definition) is 6. The van der Waals surface area contributed by atoms with Crippen molar-refractivity contribution >= 4 is 23.5 Å². The van der Waals surface area contributed by atoms with E-state index in [4.69, 9.17) is 14.2 Å². The third kappa shape index (κ3) is 7.58. The summed E-state index contributed by atoms with van der Waals surface area (Å²) in [5.74, 6) is 0.205. The van der Waals surface area contributed by atoms with Crippen LogP contribution in [-0.4, -0.2) is 93.4 Å². The molecule has 1 saturated heterocycles. The van der Waals surface area contributed by atoms with Gasteiger partial charge in [0.1, 0.15) is 12.4 Å². The molecule has 0 aliphatic carbocycles. The van der Waals surface area contributed by atoms with Crippen molar-refractivity contribution in [1.29, 1.82) is 0 Å². The van der Waals surface area contributed by atoms with E-state index in [1.807, 2.05) is 25.7 Å². The van der Waals surface area contributed by atoms with Gasteiger partial charge in [-0.3, -0.25) is 9.59 Å². The molecule has 3 atom stereocenters. The fourth-order valence-corrected chi connectivity index (χ4v) is 4.75. The van der Waals surface area contributed by atoms with Gasteiger partial charge in [-0.1, -0.05) is 13.8 Å². The topological polar surface area (TPSA) is 109 Å². The second-order valence-electron chi connectivity index (χ2n) is 10.1. The third-order valence-corrected chi connectivity index (χ3v) is 7.09. The zero-order valence-corrected chi connectivity index (χ0v) is 22.7. The molecule has 0 bridgehead atoms. The largest absolute Gasteiger partial charge is 0.491 e. The molecule has 4 amide bonds. The number of ether oxygens (including phenoxy) is 3. The molecule has 0 saturated carbocycles. The van der Waals surface area contributed by atoms with Crippen LogP contribution in [-0.2, 0) is 14.3 Å². The van der Waals surface area contributed by atoms with Crippen molar-refractivity contribution in [3.63, 3.8) is 0 Å². The molecule has 2 aliphatic heterocycles. The van der Waals surface area contributed by atoms with E-state index in [0.29, 0.717) is 62.7 Å². The number of nitrogens with one attached hydrogen (secondary N) is 2. The Morgan fingerprint density at radius 1 is 1.16 bits per heavy atom. The second kappa shape index (κ2) is 13.6. The normalized spacial score (nSPS) is 23.8. The van der Waals surface area contributed by atoms with Gasteiger partial charge in [-0.25, -0.2) is 4.79 Å². The standard InChI is InChI=1S/C27H42N4O6/c1-6-11-28-27(34)29-21-7-8-23-22(14-21)26(33)30(4)16-24(35-5)18(2)15-31(19(3)17-37-23)25(32)20-9-12-36-13-10-20/h7-8,14,18-20,24H,6,9-13,15-17H2,1-5H3,(H2,28,29,34)/t18-,19+,24+/m0/s1. The van der Waals surface area contributed by atoms with Crippen LogP contribution in [0.5, 0.6) is 5.75 Å². The molecule has 37 heavy (non-hydrogen) atoms. The van der Waals surface area contributed by atoms with Crippen LogP contribution in [0.1, 0.15) is 50.4 Å². The van der Waals surface area contributed by atoms with E-state index in [9.17, 15) is 14.4 Å². The lowest BCUT2D eigenvalue weighted by Crippen LogP contribution is -2.50. The molecule has 2 N–H and O–H groups in total. The molecule has 1 aromatic carbocycles. The van der Waals surface area contributed by atoms with Gasteiger partial charge in [-0.15, -0.1) is 0 Å². The summed E-state index contributed by atoms with van der Waals surface area (Å²) in [7, 11) is 3.35. The highest BCUT2D eigenvalue weighted by Gasteiger charge is 2.33. The first-order valence-electron chi connectivity index (χ1n) is 13.2. The highest BCUT2D eigenvalue weighted by molar-refractivity contribution is 5.99. The molecule has 0 unspecified atom stereocenters. The predicted octanol–water partition coefficient (Wildman–Crippen LogP) is 2.98. The van der Waals surface area contributed by atoms with Gasteiger partial charge < -0.3 is 34.6 Å². The van der Waals surface area contributed by atoms with E-state index < -0.39 is 0 Å². The summed E-state index contributed by atoms with van der Waals surface area (Å²) < 4.78 is 17.4. The van der Waals surface area contributed by atoms with Gasteiger partial charge in [-0.05, 0) is 44.4 Å². The Morgan fingerprint density at radius 3 is 2.57 bits per heavy atom. The number of likely N-dealkylation sites (N-methyl/N-ethyl adjacent to an activating group) is 1. The number of amides is 4. The maximum Gasteiger partial charge on any atom is 0.319 e. The maximum absolute atomic E-state index is 13.6. The molecule has 3 rings (SSSR count). The highest BCUT2D eigenvalue weighted by atomic mass is 16.5. The van der Waals surface area contributed by atoms with Crippen molar-refractivity contribution in [2.24, 2.45) is 11.8 Å². The van der Waals surface area contributed by atoms with E-state index >= 15 is 0 Å². The molecule has 10 heteroatoms. The molecule has 1 aromatic rings. The average Bonchev–Trinajstić information content (AvgIpc) is 2.91. The lowest BCUT2D eigenvalue weighted by molar-refractivity contribution is -0.142. The number of hydrogen-bond donors (Lipinski definition) is 2. The fraction of sp³-hybridized carbons (Fsp3) is 0.667. The molecule has 0 spiro atoms. The predicted molar refractivity (Wildman–Crippen MR) is 141 cm³/mol. The second-order valence-corrected chi connectivity index (χ2v) is 10.1. The Labute approximate surface area is 220 Å². The molecule has 10 nitrogen and oxygen atoms in total. The molecule has 0 aromatic heterocycles. The van der Waals surface area contributed by atoms with E-state index in [-0.39, 0.29) is 48.4 Å². The fourth-order valence-electron chi connectivity index (χ4n) is 4.75. The zero-order chi connectivity index (χ0) is 26.9. The monoisotopic (exact) mass is 518 g/mol. The van der Waals surface area contributed by atoms with Crippen molar-refractivity contribution in [3.8, 4) is 5.75 Å². The van der Waals surface area contributed by atoms with Crippen molar-refractivity contribution in [2.75, 3.05) is 58.9 Å². The molecule has 0 radical (unpaired) electrons. The molecule has 1 fully saturated rings. The van der Waals surface area contributed by atoms with Crippen LogP contribution in [0.25, 0.3) is 0 Å². The minimum absolute atomic E-state index is 0.0133. The van der Waals surface area contributed by atoms with E-state index in [2.05, 4.69) is 10.6 Å². The summed E-state index contributed by atoms with van der Waals surface area (Å²) >= 11 is 0. The highest BCUT2D eigenvalue weighted by Crippen LogP contribution is 2.27. The summed E-state index contributed by atoms with van der Waals surface area (Å²) in [5, 5.41) is 5.54. The van der Waals surface area contributed by atoms with Gasteiger partial charge in [0, 0.05) is 64.5 Å². The van der Waals surface area contributed by atoms with E-state index in [1.165, 1.54) is 0 Å². The molecule has 2 aliphatic rings. The first-order valence-corrected chi connectivity index (χ1v) is 13.2. The van der Waals surface area contributed by atoms with Crippen LogP contribution in [0.4, 0.5) is 10.5 Å².